The lowest BCUT2D eigenvalue weighted by Crippen LogP contribution is -2.50. The van der Waals surface area contributed by atoms with Gasteiger partial charge in [-0.25, -0.2) is 8.42 Å². The van der Waals surface area contributed by atoms with Crippen molar-refractivity contribution < 1.29 is 18.0 Å². The molecule has 0 aliphatic carbocycles. The van der Waals surface area contributed by atoms with Crippen LogP contribution in [-0.4, -0.2) is 51.0 Å². The summed E-state index contributed by atoms with van der Waals surface area (Å²) in [7, 11) is -2.30. The molecule has 2 amide bonds. The van der Waals surface area contributed by atoms with E-state index in [4.69, 9.17) is 11.6 Å². The van der Waals surface area contributed by atoms with Crippen LogP contribution in [0.25, 0.3) is 0 Å². The highest BCUT2D eigenvalue weighted by Crippen LogP contribution is 2.26. The molecule has 0 saturated heterocycles. The summed E-state index contributed by atoms with van der Waals surface area (Å²) in [5, 5.41) is 2.91. The Kier molecular flexibility index (Phi) is 8.08. The molecule has 0 saturated carbocycles. The molecule has 0 radical (unpaired) electrons. The molecular weight excluding hydrogens is 438 g/mol. The number of sulfonamides is 1. The van der Waals surface area contributed by atoms with Crippen molar-refractivity contribution in [1.82, 2.24) is 10.2 Å². The summed E-state index contributed by atoms with van der Waals surface area (Å²) >= 11 is 6.07. The van der Waals surface area contributed by atoms with E-state index in [2.05, 4.69) is 5.32 Å². The summed E-state index contributed by atoms with van der Waals surface area (Å²) in [5.74, 6) is -0.840. The Balaban J connectivity index is 2.43. The highest BCUT2D eigenvalue weighted by Gasteiger charge is 2.30. The van der Waals surface area contributed by atoms with E-state index in [-0.39, 0.29) is 12.5 Å². The normalized spacial score (nSPS) is 12.2. The monoisotopic (exact) mass is 465 g/mol. The molecule has 0 aromatic heterocycles. The van der Waals surface area contributed by atoms with E-state index in [1.54, 1.807) is 26.0 Å². The second kappa shape index (κ2) is 10.2. The third-order valence-corrected chi connectivity index (χ3v) is 6.33. The second-order valence-electron chi connectivity index (χ2n) is 7.50. The molecule has 7 nitrogen and oxygen atoms in total. The maximum atomic E-state index is 13.3. The maximum absolute atomic E-state index is 13.3. The van der Waals surface area contributed by atoms with Gasteiger partial charge in [0.2, 0.25) is 21.8 Å². The number of benzene rings is 2. The van der Waals surface area contributed by atoms with Crippen LogP contribution in [0.2, 0.25) is 5.02 Å². The number of carbonyl (C=O) groups is 2. The number of carbonyl (C=O) groups excluding carboxylic acids is 2. The number of hydrogen-bond donors (Lipinski definition) is 1. The van der Waals surface area contributed by atoms with Gasteiger partial charge in [0.1, 0.15) is 12.6 Å². The van der Waals surface area contributed by atoms with Crippen molar-refractivity contribution in [1.29, 1.82) is 0 Å². The Labute approximate surface area is 189 Å². The number of amides is 2. The minimum absolute atomic E-state index is 0.168. The van der Waals surface area contributed by atoms with E-state index >= 15 is 0 Å². The van der Waals surface area contributed by atoms with Crippen LogP contribution in [0, 0.1) is 13.8 Å². The van der Waals surface area contributed by atoms with E-state index in [9.17, 15) is 18.0 Å². The van der Waals surface area contributed by atoms with Gasteiger partial charge in [0, 0.05) is 18.6 Å². The SMILES string of the molecule is CNC(=O)[C@H](C)N(Cc1cccc(C)c1)C(=O)CN(c1cc(Cl)ccc1C)S(C)(=O)=O. The predicted molar refractivity (Wildman–Crippen MR) is 124 cm³/mol. The van der Waals surface area contributed by atoms with Crippen molar-refractivity contribution in [3.63, 3.8) is 0 Å². The quantitative estimate of drug-likeness (QED) is 0.649. The lowest BCUT2D eigenvalue weighted by atomic mass is 10.1. The average molecular weight is 466 g/mol. The fraction of sp³-hybridized carbons (Fsp3) is 0.364. The number of halogens is 1. The van der Waals surface area contributed by atoms with Crippen molar-refractivity contribution >= 4 is 39.1 Å². The molecular formula is C22H28ClN3O4S. The molecule has 0 spiro atoms. The number of likely N-dealkylation sites (N-methyl/N-ethyl adjacent to an activating group) is 1. The number of anilines is 1. The minimum Gasteiger partial charge on any atom is -0.357 e. The van der Waals surface area contributed by atoms with Gasteiger partial charge >= 0.3 is 0 Å². The standard InChI is InChI=1S/C22H28ClN3O4S/c1-15-7-6-8-18(11-15)13-25(17(3)22(28)24-4)21(27)14-26(31(5,29)30)20-12-19(23)10-9-16(20)2/h6-12,17H,13-14H2,1-5H3,(H,24,28)/t17-/m0/s1. The van der Waals surface area contributed by atoms with Crippen LogP contribution in [0.4, 0.5) is 5.69 Å². The summed E-state index contributed by atoms with van der Waals surface area (Å²) in [4.78, 5) is 27.0. The van der Waals surface area contributed by atoms with Crippen molar-refractivity contribution in [2.24, 2.45) is 0 Å². The molecule has 0 aliphatic rings. The fourth-order valence-electron chi connectivity index (χ4n) is 3.24. The Morgan fingerprint density at radius 3 is 2.39 bits per heavy atom. The Morgan fingerprint density at radius 2 is 1.81 bits per heavy atom. The molecule has 1 N–H and O–H groups in total. The van der Waals surface area contributed by atoms with Crippen molar-refractivity contribution in [2.45, 2.75) is 33.4 Å². The lowest BCUT2D eigenvalue weighted by Gasteiger charge is -2.31. The van der Waals surface area contributed by atoms with Crippen LogP contribution >= 0.6 is 11.6 Å². The topological polar surface area (TPSA) is 86.8 Å². The molecule has 0 bridgehead atoms. The van der Waals surface area contributed by atoms with Crippen molar-refractivity contribution in [2.75, 3.05) is 24.2 Å². The van der Waals surface area contributed by atoms with Gasteiger partial charge in [0.15, 0.2) is 0 Å². The van der Waals surface area contributed by atoms with Crippen LogP contribution < -0.4 is 9.62 Å². The van der Waals surface area contributed by atoms with Gasteiger partial charge in [-0.3, -0.25) is 13.9 Å². The molecule has 9 heteroatoms. The van der Waals surface area contributed by atoms with E-state index in [1.807, 2.05) is 31.2 Å². The Bertz CT molecular complexity index is 1070. The molecule has 0 heterocycles. The molecule has 2 aromatic rings. The lowest BCUT2D eigenvalue weighted by molar-refractivity contribution is -0.139. The van der Waals surface area contributed by atoms with Gasteiger partial charge in [-0.05, 0) is 44.0 Å². The van der Waals surface area contributed by atoms with Crippen LogP contribution in [0.3, 0.4) is 0 Å². The summed E-state index contributed by atoms with van der Waals surface area (Å²) in [6.45, 7) is 5.01. The van der Waals surface area contributed by atoms with E-state index < -0.39 is 28.5 Å². The molecule has 0 aliphatic heterocycles. The van der Waals surface area contributed by atoms with E-state index in [0.717, 1.165) is 21.7 Å². The maximum Gasteiger partial charge on any atom is 0.244 e. The van der Waals surface area contributed by atoms with Crippen LogP contribution in [-0.2, 0) is 26.2 Å². The van der Waals surface area contributed by atoms with E-state index in [1.165, 1.54) is 18.0 Å². The van der Waals surface area contributed by atoms with Gasteiger partial charge in [0.05, 0.1) is 11.9 Å². The zero-order chi connectivity index (χ0) is 23.3. The van der Waals surface area contributed by atoms with Gasteiger partial charge in [0.25, 0.3) is 0 Å². The average Bonchev–Trinajstić information content (AvgIpc) is 2.70. The molecule has 168 valence electrons. The zero-order valence-electron chi connectivity index (χ0n) is 18.3. The molecule has 0 fully saturated rings. The van der Waals surface area contributed by atoms with E-state index in [0.29, 0.717) is 16.3 Å². The largest absolute Gasteiger partial charge is 0.357 e. The molecule has 0 unspecified atom stereocenters. The minimum atomic E-state index is -3.79. The fourth-order valence-corrected chi connectivity index (χ4v) is 4.31. The number of hydrogen-bond acceptors (Lipinski definition) is 4. The van der Waals surface area contributed by atoms with Crippen molar-refractivity contribution in [3.8, 4) is 0 Å². The number of rotatable bonds is 8. The highest BCUT2D eigenvalue weighted by atomic mass is 35.5. The highest BCUT2D eigenvalue weighted by molar-refractivity contribution is 7.92. The van der Waals surface area contributed by atoms with Crippen LogP contribution in [0.5, 0.6) is 0 Å². The Morgan fingerprint density at radius 1 is 1.13 bits per heavy atom. The first-order valence-electron chi connectivity index (χ1n) is 9.74. The smallest absolute Gasteiger partial charge is 0.244 e. The summed E-state index contributed by atoms with van der Waals surface area (Å²) in [6, 6.07) is 11.7. The molecule has 2 aromatic carbocycles. The van der Waals surface area contributed by atoms with Gasteiger partial charge < -0.3 is 10.2 Å². The summed E-state index contributed by atoms with van der Waals surface area (Å²) in [5.41, 5.74) is 2.84. The van der Waals surface area contributed by atoms with Gasteiger partial charge in [-0.1, -0.05) is 47.5 Å². The summed E-state index contributed by atoms with van der Waals surface area (Å²) in [6.07, 6.45) is 1.04. The Hall–Kier alpha value is -2.58. The van der Waals surface area contributed by atoms with Crippen LogP contribution in [0.1, 0.15) is 23.6 Å². The third kappa shape index (κ3) is 6.45. The number of aryl methyl sites for hydroxylation is 2. The predicted octanol–water partition coefficient (Wildman–Crippen LogP) is 2.89. The second-order valence-corrected chi connectivity index (χ2v) is 9.84. The number of nitrogens with zero attached hydrogens (tertiary/aromatic N) is 2. The zero-order valence-corrected chi connectivity index (χ0v) is 19.9. The van der Waals surface area contributed by atoms with Gasteiger partial charge in [-0.15, -0.1) is 0 Å². The first kappa shape index (κ1) is 24.7. The van der Waals surface area contributed by atoms with Crippen LogP contribution in [0.15, 0.2) is 42.5 Å². The first-order valence-corrected chi connectivity index (χ1v) is 12.0. The number of nitrogens with one attached hydrogen (secondary N) is 1. The first-order chi connectivity index (χ1) is 14.4. The summed E-state index contributed by atoms with van der Waals surface area (Å²) < 4.78 is 26.1. The third-order valence-electron chi connectivity index (χ3n) is 4.97. The molecule has 31 heavy (non-hydrogen) atoms. The van der Waals surface area contributed by atoms with Gasteiger partial charge in [-0.2, -0.15) is 0 Å². The van der Waals surface area contributed by atoms with Crippen molar-refractivity contribution in [3.05, 3.63) is 64.2 Å². The molecule has 1 atom stereocenters. The molecule has 2 rings (SSSR count).